The van der Waals surface area contributed by atoms with E-state index in [2.05, 4.69) is 5.32 Å². The molecule has 102 valence electrons. The maximum absolute atomic E-state index is 11.6. The molecule has 0 radical (unpaired) electrons. The van der Waals surface area contributed by atoms with Crippen molar-refractivity contribution in [3.8, 4) is 0 Å². The molecule has 1 unspecified atom stereocenters. The van der Waals surface area contributed by atoms with Crippen molar-refractivity contribution in [3.63, 3.8) is 0 Å². The molecule has 1 fully saturated rings. The number of nitrogens with one attached hydrogen (secondary N) is 1. The van der Waals surface area contributed by atoms with Crippen molar-refractivity contribution < 1.29 is 14.7 Å². The molecule has 1 atom stereocenters. The summed E-state index contributed by atoms with van der Waals surface area (Å²) in [5.41, 5.74) is 2.10. The molecule has 0 saturated carbocycles. The summed E-state index contributed by atoms with van der Waals surface area (Å²) in [5, 5.41) is 11.6. The zero-order valence-corrected chi connectivity index (χ0v) is 10.9. The van der Waals surface area contributed by atoms with Crippen LogP contribution in [0.3, 0.4) is 0 Å². The second kappa shape index (κ2) is 5.73. The number of rotatable bonds is 4. The minimum atomic E-state index is -0.804. The Bertz CT molecular complexity index is 487. The number of carbonyl (C=O) groups is 2. The average Bonchev–Trinajstić information content (AvgIpc) is 2.37. The molecule has 19 heavy (non-hydrogen) atoms. The smallest absolute Gasteiger partial charge is 0.303 e. The maximum Gasteiger partial charge on any atom is 0.303 e. The third-order valence-electron chi connectivity index (χ3n) is 3.41. The third-order valence-corrected chi connectivity index (χ3v) is 3.41. The van der Waals surface area contributed by atoms with Crippen LogP contribution in [0.4, 0.5) is 5.69 Å². The first kappa shape index (κ1) is 13.4. The summed E-state index contributed by atoms with van der Waals surface area (Å²) in [7, 11) is 0. The van der Waals surface area contributed by atoms with E-state index in [-0.39, 0.29) is 24.9 Å². The number of nitrogens with zero attached hydrogens (tertiary/aromatic N) is 1. The number of aliphatic carboxylic acids is 1. The fourth-order valence-corrected chi connectivity index (χ4v) is 2.40. The van der Waals surface area contributed by atoms with E-state index in [1.165, 1.54) is 0 Å². The second-order valence-electron chi connectivity index (χ2n) is 4.80. The van der Waals surface area contributed by atoms with Crippen LogP contribution in [0.25, 0.3) is 0 Å². The Morgan fingerprint density at radius 1 is 1.47 bits per heavy atom. The number of anilines is 1. The maximum atomic E-state index is 11.6. The molecule has 5 nitrogen and oxygen atoms in total. The fraction of sp³-hybridized carbons (Fsp3) is 0.429. The number of para-hydroxylation sites is 1. The lowest BCUT2D eigenvalue weighted by atomic mass is 10.0. The second-order valence-corrected chi connectivity index (χ2v) is 4.80. The number of hydrogen-bond acceptors (Lipinski definition) is 3. The van der Waals surface area contributed by atoms with Crippen molar-refractivity contribution in [2.24, 2.45) is 0 Å². The van der Waals surface area contributed by atoms with E-state index >= 15 is 0 Å². The van der Waals surface area contributed by atoms with Gasteiger partial charge in [0, 0.05) is 24.7 Å². The number of amides is 1. The normalized spacial score (nSPS) is 19.1. The number of carboxylic acids is 1. The van der Waals surface area contributed by atoms with E-state index in [1.54, 1.807) is 0 Å². The highest BCUT2D eigenvalue weighted by molar-refractivity contribution is 5.83. The van der Waals surface area contributed by atoms with E-state index < -0.39 is 5.97 Å². The third kappa shape index (κ3) is 3.24. The van der Waals surface area contributed by atoms with E-state index in [1.807, 2.05) is 36.1 Å². The van der Waals surface area contributed by atoms with Gasteiger partial charge in [-0.25, -0.2) is 0 Å². The topological polar surface area (TPSA) is 69.6 Å². The molecule has 1 aliphatic heterocycles. The first-order chi connectivity index (χ1) is 9.08. The van der Waals surface area contributed by atoms with Crippen LogP contribution in [0, 0.1) is 6.92 Å². The van der Waals surface area contributed by atoms with Crippen LogP contribution in [0.2, 0.25) is 0 Å². The van der Waals surface area contributed by atoms with Crippen LogP contribution in [0.1, 0.15) is 18.4 Å². The highest BCUT2D eigenvalue weighted by atomic mass is 16.4. The fourth-order valence-electron chi connectivity index (χ4n) is 2.40. The van der Waals surface area contributed by atoms with Gasteiger partial charge in [-0.05, 0) is 25.0 Å². The highest BCUT2D eigenvalue weighted by Crippen LogP contribution is 2.24. The predicted octanol–water partition coefficient (Wildman–Crippen LogP) is 1.16. The Balaban J connectivity index is 2.19. The van der Waals surface area contributed by atoms with Gasteiger partial charge in [-0.2, -0.15) is 0 Å². The molecule has 0 bridgehead atoms. The lowest BCUT2D eigenvalue weighted by Crippen LogP contribution is -2.54. The average molecular weight is 262 g/mol. The molecule has 1 aromatic rings. The van der Waals surface area contributed by atoms with E-state index in [0.717, 1.165) is 11.3 Å². The summed E-state index contributed by atoms with van der Waals surface area (Å²) in [5.74, 6) is -0.823. The Hall–Kier alpha value is -2.04. The van der Waals surface area contributed by atoms with Crippen molar-refractivity contribution in [2.75, 3.05) is 18.0 Å². The summed E-state index contributed by atoms with van der Waals surface area (Å²) in [6.45, 7) is 2.78. The summed E-state index contributed by atoms with van der Waals surface area (Å²) in [6, 6.07) is 7.89. The first-order valence-corrected chi connectivity index (χ1v) is 6.38. The van der Waals surface area contributed by atoms with Crippen LogP contribution in [-0.4, -0.2) is 36.1 Å². The van der Waals surface area contributed by atoms with Gasteiger partial charge in [0.15, 0.2) is 0 Å². The van der Waals surface area contributed by atoms with Crippen molar-refractivity contribution in [1.29, 1.82) is 0 Å². The van der Waals surface area contributed by atoms with Gasteiger partial charge in [-0.15, -0.1) is 0 Å². The molecular weight excluding hydrogens is 244 g/mol. The summed E-state index contributed by atoms with van der Waals surface area (Å²) >= 11 is 0. The molecular formula is C14H18N2O3. The lowest BCUT2D eigenvalue weighted by molar-refractivity contribution is -0.137. The molecule has 1 aliphatic rings. The number of piperazine rings is 1. The summed E-state index contributed by atoms with van der Waals surface area (Å²) in [6.07, 6.45) is 0.646. The van der Waals surface area contributed by atoms with E-state index in [9.17, 15) is 9.59 Å². The monoisotopic (exact) mass is 262 g/mol. The minimum Gasteiger partial charge on any atom is -0.481 e. The predicted molar refractivity (Wildman–Crippen MR) is 72.2 cm³/mol. The number of aryl methyl sites for hydroxylation is 1. The molecule has 0 spiro atoms. The van der Waals surface area contributed by atoms with Crippen molar-refractivity contribution in [3.05, 3.63) is 29.8 Å². The van der Waals surface area contributed by atoms with Crippen LogP contribution in [0.15, 0.2) is 24.3 Å². The minimum absolute atomic E-state index is 0.0187. The van der Waals surface area contributed by atoms with Gasteiger partial charge < -0.3 is 15.3 Å². The van der Waals surface area contributed by atoms with Crippen molar-refractivity contribution in [1.82, 2.24) is 5.32 Å². The standard InChI is InChI=1S/C14H18N2O3/c1-10-4-2-3-5-12(10)16-9-13(17)15-8-11(16)6-7-14(18)19/h2-5,11H,6-9H2,1H3,(H,15,17)(H,18,19). The summed E-state index contributed by atoms with van der Waals surface area (Å²) in [4.78, 5) is 24.3. The molecule has 1 aromatic carbocycles. The van der Waals surface area contributed by atoms with Gasteiger partial charge in [0.2, 0.25) is 5.91 Å². The Morgan fingerprint density at radius 2 is 2.21 bits per heavy atom. The van der Waals surface area contributed by atoms with Gasteiger partial charge >= 0.3 is 5.97 Å². The highest BCUT2D eigenvalue weighted by Gasteiger charge is 2.27. The number of hydrogen-bond donors (Lipinski definition) is 2. The molecule has 1 saturated heterocycles. The molecule has 5 heteroatoms. The molecule has 0 aliphatic carbocycles. The molecule has 1 heterocycles. The first-order valence-electron chi connectivity index (χ1n) is 6.38. The quantitative estimate of drug-likeness (QED) is 0.854. The van der Waals surface area contributed by atoms with Gasteiger partial charge in [-0.1, -0.05) is 18.2 Å². The van der Waals surface area contributed by atoms with Crippen molar-refractivity contribution >= 4 is 17.6 Å². The molecule has 2 N–H and O–H groups in total. The Labute approximate surface area is 112 Å². The van der Waals surface area contributed by atoms with Crippen LogP contribution < -0.4 is 10.2 Å². The van der Waals surface area contributed by atoms with E-state index in [0.29, 0.717) is 13.0 Å². The van der Waals surface area contributed by atoms with Crippen LogP contribution in [0.5, 0.6) is 0 Å². The Kier molecular flexibility index (Phi) is 4.04. The SMILES string of the molecule is Cc1ccccc1N1CC(=O)NCC1CCC(=O)O. The zero-order chi connectivity index (χ0) is 13.8. The number of benzene rings is 1. The van der Waals surface area contributed by atoms with E-state index in [4.69, 9.17) is 5.11 Å². The molecule has 1 amide bonds. The van der Waals surface area contributed by atoms with Crippen LogP contribution in [-0.2, 0) is 9.59 Å². The molecule has 2 rings (SSSR count). The largest absolute Gasteiger partial charge is 0.481 e. The van der Waals surface area contributed by atoms with Gasteiger partial charge in [-0.3, -0.25) is 9.59 Å². The number of carbonyl (C=O) groups excluding carboxylic acids is 1. The molecule has 0 aromatic heterocycles. The van der Waals surface area contributed by atoms with Crippen molar-refractivity contribution in [2.45, 2.75) is 25.8 Å². The van der Waals surface area contributed by atoms with Crippen LogP contribution >= 0.6 is 0 Å². The van der Waals surface area contributed by atoms with Gasteiger partial charge in [0.25, 0.3) is 0 Å². The Morgan fingerprint density at radius 3 is 2.89 bits per heavy atom. The number of carboxylic acid groups (broad SMARTS) is 1. The van der Waals surface area contributed by atoms with Gasteiger partial charge in [0.05, 0.1) is 6.54 Å². The van der Waals surface area contributed by atoms with Gasteiger partial charge in [0.1, 0.15) is 0 Å². The lowest BCUT2D eigenvalue weighted by Gasteiger charge is -2.38. The zero-order valence-electron chi connectivity index (χ0n) is 10.9. The summed E-state index contributed by atoms with van der Waals surface area (Å²) < 4.78 is 0.